The van der Waals surface area contributed by atoms with Crippen LogP contribution in [0.15, 0.2) is 23.2 Å². The molecule has 142 valence electrons. The van der Waals surface area contributed by atoms with Gasteiger partial charge in [-0.2, -0.15) is 0 Å². The van der Waals surface area contributed by atoms with Gasteiger partial charge in [0, 0.05) is 30.9 Å². The van der Waals surface area contributed by atoms with Gasteiger partial charge in [-0.15, -0.1) is 0 Å². The van der Waals surface area contributed by atoms with Gasteiger partial charge in [0.1, 0.15) is 0 Å². The lowest BCUT2D eigenvalue weighted by Crippen LogP contribution is -2.33. The van der Waals surface area contributed by atoms with Crippen molar-refractivity contribution in [1.82, 2.24) is 10.2 Å². The number of hydrogen-bond acceptors (Lipinski definition) is 4. The fourth-order valence-corrected chi connectivity index (χ4v) is 2.32. The molecular weight excluding hydrogens is 316 g/mol. The zero-order valence-corrected chi connectivity index (χ0v) is 16.6. The fourth-order valence-electron chi connectivity index (χ4n) is 2.32. The molecule has 0 radical (unpaired) electrons. The van der Waals surface area contributed by atoms with E-state index < -0.39 is 0 Å². The Balaban J connectivity index is 2.76. The van der Waals surface area contributed by atoms with Gasteiger partial charge in [0.15, 0.2) is 17.5 Å². The Labute approximate surface area is 152 Å². The van der Waals surface area contributed by atoms with Crippen LogP contribution in [-0.2, 0) is 0 Å². The maximum atomic E-state index is 5.63. The minimum absolute atomic E-state index is 0.570. The molecule has 0 heterocycles. The predicted molar refractivity (Wildman–Crippen MR) is 106 cm³/mol. The molecule has 1 aromatic carbocycles. The first-order chi connectivity index (χ1) is 12.0. The maximum Gasteiger partial charge on any atom is 0.195 e. The predicted octanol–water partition coefficient (Wildman–Crippen LogP) is 3.20. The molecule has 25 heavy (non-hydrogen) atoms. The van der Waals surface area contributed by atoms with Crippen molar-refractivity contribution in [2.45, 2.75) is 40.2 Å². The Morgan fingerprint density at radius 3 is 2.60 bits per heavy atom. The Morgan fingerprint density at radius 1 is 1.24 bits per heavy atom. The number of benzene rings is 1. The summed E-state index contributed by atoms with van der Waals surface area (Å²) in [5.41, 5.74) is 0.916. The van der Waals surface area contributed by atoms with Gasteiger partial charge >= 0.3 is 0 Å². The Bertz CT molecular complexity index is 534. The van der Waals surface area contributed by atoms with Crippen molar-refractivity contribution in [2.24, 2.45) is 4.99 Å². The second-order valence-corrected chi connectivity index (χ2v) is 5.92. The van der Waals surface area contributed by atoms with Gasteiger partial charge in [0.25, 0.3) is 0 Å². The van der Waals surface area contributed by atoms with Crippen LogP contribution in [0.5, 0.6) is 11.5 Å². The summed E-state index contributed by atoms with van der Waals surface area (Å²) < 4.78 is 11.0. The summed E-state index contributed by atoms with van der Waals surface area (Å²) in [5, 5.41) is 6.61. The summed E-state index contributed by atoms with van der Waals surface area (Å²) in [7, 11) is 3.78. The van der Waals surface area contributed by atoms with E-state index in [1.165, 1.54) is 0 Å². The SMILES string of the molecule is CCNC(=NCCN(C)C(C)CC)Nc1ccc(OC)c(OCC)c1. The number of nitrogens with zero attached hydrogens (tertiary/aromatic N) is 2. The number of rotatable bonds is 10. The number of ether oxygens (including phenoxy) is 2. The lowest BCUT2D eigenvalue weighted by Gasteiger charge is -2.22. The van der Waals surface area contributed by atoms with Crippen LogP contribution in [-0.4, -0.2) is 57.3 Å². The molecule has 6 nitrogen and oxygen atoms in total. The molecule has 0 saturated heterocycles. The van der Waals surface area contributed by atoms with Crippen LogP contribution in [0.2, 0.25) is 0 Å². The molecule has 0 aromatic heterocycles. The number of nitrogens with one attached hydrogen (secondary N) is 2. The average Bonchev–Trinajstić information content (AvgIpc) is 2.61. The summed E-state index contributed by atoms with van der Waals surface area (Å²) in [6.45, 7) is 11.5. The second kappa shape index (κ2) is 11.6. The van der Waals surface area contributed by atoms with E-state index in [2.05, 4.69) is 48.3 Å². The molecule has 0 bridgehead atoms. The van der Waals surface area contributed by atoms with E-state index >= 15 is 0 Å². The van der Waals surface area contributed by atoms with Crippen molar-refractivity contribution in [3.05, 3.63) is 18.2 Å². The highest BCUT2D eigenvalue weighted by atomic mass is 16.5. The highest BCUT2D eigenvalue weighted by Gasteiger charge is 2.08. The monoisotopic (exact) mass is 350 g/mol. The van der Waals surface area contributed by atoms with Gasteiger partial charge in [0.2, 0.25) is 0 Å². The largest absolute Gasteiger partial charge is 0.493 e. The lowest BCUT2D eigenvalue weighted by atomic mass is 10.2. The number of methoxy groups -OCH3 is 1. The van der Waals surface area contributed by atoms with E-state index in [0.29, 0.717) is 12.6 Å². The number of anilines is 1. The third kappa shape index (κ3) is 7.22. The smallest absolute Gasteiger partial charge is 0.195 e. The van der Waals surface area contributed by atoms with E-state index in [0.717, 1.165) is 49.2 Å². The molecule has 2 N–H and O–H groups in total. The van der Waals surface area contributed by atoms with Crippen molar-refractivity contribution in [3.8, 4) is 11.5 Å². The van der Waals surface area contributed by atoms with Crippen molar-refractivity contribution in [3.63, 3.8) is 0 Å². The molecule has 1 rings (SSSR count). The minimum Gasteiger partial charge on any atom is -0.493 e. The van der Waals surface area contributed by atoms with Gasteiger partial charge in [-0.1, -0.05) is 6.92 Å². The first kappa shape index (κ1) is 21.1. The van der Waals surface area contributed by atoms with Crippen LogP contribution in [0.25, 0.3) is 0 Å². The Hall–Kier alpha value is -1.95. The molecule has 0 aliphatic heterocycles. The summed E-state index contributed by atoms with van der Waals surface area (Å²) >= 11 is 0. The minimum atomic E-state index is 0.570. The maximum absolute atomic E-state index is 5.63. The molecule has 0 aliphatic carbocycles. The molecule has 6 heteroatoms. The fraction of sp³-hybridized carbons (Fsp3) is 0.632. The number of aliphatic imine (C=N–C) groups is 1. The summed E-state index contributed by atoms with van der Waals surface area (Å²) in [5.74, 6) is 2.22. The quantitative estimate of drug-likeness (QED) is 0.501. The first-order valence-corrected chi connectivity index (χ1v) is 9.12. The van der Waals surface area contributed by atoms with Gasteiger partial charge in [-0.05, 0) is 46.4 Å². The number of guanidine groups is 1. The third-order valence-electron chi connectivity index (χ3n) is 4.14. The zero-order valence-electron chi connectivity index (χ0n) is 16.6. The molecule has 1 aromatic rings. The Kier molecular flexibility index (Phi) is 9.77. The van der Waals surface area contributed by atoms with Crippen LogP contribution in [0, 0.1) is 0 Å². The molecule has 0 amide bonds. The second-order valence-electron chi connectivity index (χ2n) is 5.92. The van der Waals surface area contributed by atoms with E-state index in [4.69, 9.17) is 9.47 Å². The molecule has 1 unspecified atom stereocenters. The first-order valence-electron chi connectivity index (χ1n) is 9.12. The molecule has 0 saturated carbocycles. The molecule has 0 spiro atoms. The molecule has 0 aliphatic rings. The Morgan fingerprint density at radius 2 is 2.00 bits per heavy atom. The summed E-state index contributed by atoms with van der Waals surface area (Å²) in [6.07, 6.45) is 1.14. The molecular formula is C19H34N4O2. The van der Waals surface area contributed by atoms with E-state index in [9.17, 15) is 0 Å². The van der Waals surface area contributed by atoms with Crippen LogP contribution in [0.3, 0.4) is 0 Å². The topological polar surface area (TPSA) is 58.1 Å². The van der Waals surface area contributed by atoms with Gasteiger partial charge in [-0.3, -0.25) is 4.99 Å². The third-order valence-corrected chi connectivity index (χ3v) is 4.14. The van der Waals surface area contributed by atoms with Crippen LogP contribution < -0.4 is 20.1 Å². The zero-order chi connectivity index (χ0) is 18.7. The normalized spacial score (nSPS) is 12.8. The summed E-state index contributed by atoms with van der Waals surface area (Å²) in [4.78, 5) is 6.99. The van der Waals surface area contributed by atoms with E-state index in [-0.39, 0.29) is 0 Å². The van der Waals surface area contributed by atoms with Crippen molar-refractivity contribution >= 4 is 11.6 Å². The highest BCUT2D eigenvalue weighted by Crippen LogP contribution is 2.30. The van der Waals surface area contributed by atoms with Crippen LogP contribution in [0.4, 0.5) is 5.69 Å². The van der Waals surface area contributed by atoms with Crippen molar-refractivity contribution in [2.75, 3.05) is 45.7 Å². The van der Waals surface area contributed by atoms with Gasteiger partial charge in [-0.25, -0.2) is 0 Å². The molecule has 0 fully saturated rings. The lowest BCUT2D eigenvalue weighted by molar-refractivity contribution is 0.259. The highest BCUT2D eigenvalue weighted by molar-refractivity contribution is 5.93. The van der Waals surface area contributed by atoms with Crippen molar-refractivity contribution < 1.29 is 9.47 Å². The summed E-state index contributed by atoms with van der Waals surface area (Å²) in [6, 6.07) is 6.36. The van der Waals surface area contributed by atoms with Crippen molar-refractivity contribution in [1.29, 1.82) is 0 Å². The van der Waals surface area contributed by atoms with E-state index in [1.54, 1.807) is 7.11 Å². The van der Waals surface area contributed by atoms with Gasteiger partial charge in [0.05, 0.1) is 20.3 Å². The van der Waals surface area contributed by atoms with Gasteiger partial charge < -0.3 is 25.0 Å². The van der Waals surface area contributed by atoms with E-state index in [1.807, 2.05) is 25.1 Å². The average molecular weight is 351 g/mol. The number of hydrogen-bond donors (Lipinski definition) is 2. The van der Waals surface area contributed by atoms with Crippen LogP contribution >= 0.6 is 0 Å². The molecule has 1 atom stereocenters. The van der Waals surface area contributed by atoms with Crippen LogP contribution in [0.1, 0.15) is 34.1 Å². The standard InChI is InChI=1S/C19H34N4O2/c1-7-15(4)23(5)13-12-21-19(20-8-2)22-16-10-11-17(24-6)18(14-16)25-9-3/h10-11,14-15H,7-9,12-13H2,1-6H3,(H2,20,21,22). The number of likely N-dealkylation sites (N-methyl/N-ethyl adjacent to an activating group) is 1.